The molecule has 3 aromatic carbocycles. The molecule has 0 aliphatic carbocycles. The molecular weight excluding hydrogens is 535 g/mol. The van der Waals surface area contributed by atoms with Gasteiger partial charge in [-0.15, -0.1) is 0 Å². The van der Waals surface area contributed by atoms with Gasteiger partial charge in [0.15, 0.2) is 0 Å². The SMILES string of the molecule is COC(=O)c1ccc(CO[C@H](CN2CCN(S(=O)(=O)c3cccc(Cl)c3)CC2)c2ccc(Cl)cc2)cc1. The Morgan fingerprint density at radius 1 is 0.919 bits per heavy atom. The third-order valence-electron chi connectivity index (χ3n) is 6.26. The number of hydrogen-bond donors (Lipinski definition) is 0. The summed E-state index contributed by atoms with van der Waals surface area (Å²) in [6.45, 7) is 2.82. The second-order valence-electron chi connectivity index (χ2n) is 8.70. The third-order valence-corrected chi connectivity index (χ3v) is 8.64. The lowest BCUT2D eigenvalue weighted by atomic mass is 10.1. The highest BCUT2D eigenvalue weighted by atomic mass is 35.5. The van der Waals surface area contributed by atoms with Crippen molar-refractivity contribution >= 4 is 39.2 Å². The maximum absolute atomic E-state index is 13.0. The van der Waals surface area contributed by atoms with Crippen LogP contribution in [-0.2, 0) is 26.1 Å². The fourth-order valence-electron chi connectivity index (χ4n) is 4.15. The highest BCUT2D eigenvalue weighted by Crippen LogP contribution is 2.25. The van der Waals surface area contributed by atoms with E-state index in [0.717, 1.165) is 11.1 Å². The van der Waals surface area contributed by atoms with Crippen LogP contribution in [0.15, 0.2) is 77.7 Å². The molecule has 10 heteroatoms. The lowest BCUT2D eigenvalue weighted by molar-refractivity contribution is 0.00771. The first-order chi connectivity index (χ1) is 17.8. The molecule has 0 spiro atoms. The molecule has 0 bridgehead atoms. The number of sulfonamides is 1. The van der Waals surface area contributed by atoms with E-state index < -0.39 is 10.0 Å². The van der Waals surface area contributed by atoms with Crippen molar-refractivity contribution in [3.63, 3.8) is 0 Å². The lowest BCUT2D eigenvalue weighted by Crippen LogP contribution is -2.49. The van der Waals surface area contributed by atoms with Crippen LogP contribution in [0, 0.1) is 0 Å². The van der Waals surface area contributed by atoms with Crippen LogP contribution in [0.5, 0.6) is 0 Å². The third kappa shape index (κ3) is 7.10. The summed E-state index contributed by atoms with van der Waals surface area (Å²) in [6, 6.07) is 21.0. The number of carbonyl (C=O) groups is 1. The Balaban J connectivity index is 1.41. The summed E-state index contributed by atoms with van der Waals surface area (Å²) in [5.74, 6) is -0.386. The van der Waals surface area contributed by atoms with Gasteiger partial charge in [0.05, 0.1) is 30.3 Å². The molecule has 0 saturated carbocycles. The van der Waals surface area contributed by atoms with Gasteiger partial charge in [0.2, 0.25) is 10.0 Å². The normalized spacial score (nSPS) is 15.9. The van der Waals surface area contributed by atoms with Crippen molar-refractivity contribution in [1.82, 2.24) is 9.21 Å². The molecule has 1 atom stereocenters. The van der Waals surface area contributed by atoms with Crippen LogP contribution in [0.2, 0.25) is 10.0 Å². The van der Waals surface area contributed by atoms with Gasteiger partial charge < -0.3 is 9.47 Å². The van der Waals surface area contributed by atoms with E-state index in [0.29, 0.717) is 54.9 Å². The quantitative estimate of drug-likeness (QED) is 0.340. The number of ether oxygens (including phenoxy) is 2. The summed E-state index contributed by atoms with van der Waals surface area (Å²) in [4.78, 5) is 14.1. The number of methoxy groups -OCH3 is 1. The number of halogens is 2. The Hall–Kier alpha value is -2.46. The zero-order chi connectivity index (χ0) is 26.4. The van der Waals surface area contributed by atoms with Crippen molar-refractivity contribution in [1.29, 1.82) is 0 Å². The second kappa shape index (κ2) is 12.4. The average molecular weight is 564 g/mol. The van der Waals surface area contributed by atoms with Gasteiger partial charge >= 0.3 is 5.97 Å². The van der Waals surface area contributed by atoms with Gasteiger partial charge in [0, 0.05) is 42.8 Å². The monoisotopic (exact) mass is 562 g/mol. The Morgan fingerprint density at radius 3 is 2.22 bits per heavy atom. The second-order valence-corrected chi connectivity index (χ2v) is 11.5. The van der Waals surface area contributed by atoms with Crippen LogP contribution in [0.4, 0.5) is 0 Å². The molecule has 0 unspecified atom stereocenters. The molecular formula is C27H28Cl2N2O5S. The molecule has 37 heavy (non-hydrogen) atoms. The summed E-state index contributed by atoms with van der Waals surface area (Å²) < 4.78 is 38.7. The molecule has 4 rings (SSSR count). The molecule has 7 nitrogen and oxygen atoms in total. The Morgan fingerprint density at radius 2 is 1.59 bits per heavy atom. The molecule has 0 N–H and O–H groups in total. The first kappa shape index (κ1) is 27.6. The van der Waals surface area contributed by atoms with Gasteiger partial charge in [-0.25, -0.2) is 13.2 Å². The first-order valence-electron chi connectivity index (χ1n) is 11.8. The number of carbonyl (C=O) groups excluding carboxylic acids is 1. The smallest absolute Gasteiger partial charge is 0.337 e. The van der Waals surface area contributed by atoms with Crippen LogP contribution in [0.3, 0.4) is 0 Å². The van der Waals surface area contributed by atoms with E-state index in [-0.39, 0.29) is 17.0 Å². The number of nitrogens with zero attached hydrogens (tertiary/aromatic N) is 2. The lowest BCUT2D eigenvalue weighted by Gasteiger charge is -2.36. The van der Waals surface area contributed by atoms with Gasteiger partial charge in [-0.05, 0) is 53.6 Å². The molecule has 1 aliphatic rings. The van der Waals surface area contributed by atoms with Gasteiger partial charge in [0.1, 0.15) is 0 Å². The van der Waals surface area contributed by atoms with Crippen LogP contribution >= 0.6 is 23.2 Å². The Kier molecular flexibility index (Phi) is 9.23. The van der Waals surface area contributed by atoms with E-state index in [1.165, 1.54) is 17.5 Å². The van der Waals surface area contributed by atoms with Crippen molar-refractivity contribution in [2.75, 3.05) is 39.8 Å². The minimum atomic E-state index is -3.61. The van der Waals surface area contributed by atoms with Crippen molar-refractivity contribution in [2.24, 2.45) is 0 Å². The van der Waals surface area contributed by atoms with E-state index in [9.17, 15) is 13.2 Å². The van der Waals surface area contributed by atoms with Crippen LogP contribution in [0.1, 0.15) is 27.6 Å². The maximum Gasteiger partial charge on any atom is 0.337 e. The van der Waals surface area contributed by atoms with E-state index in [1.54, 1.807) is 30.3 Å². The number of benzene rings is 3. The van der Waals surface area contributed by atoms with Gasteiger partial charge in [0.25, 0.3) is 0 Å². The Bertz CT molecular complexity index is 1310. The Labute approximate surface area is 227 Å². The zero-order valence-electron chi connectivity index (χ0n) is 20.3. The summed E-state index contributed by atoms with van der Waals surface area (Å²) in [7, 11) is -2.26. The number of rotatable bonds is 9. The molecule has 196 valence electrons. The van der Waals surface area contributed by atoms with Crippen LogP contribution < -0.4 is 0 Å². The van der Waals surface area contributed by atoms with Gasteiger partial charge in [-0.2, -0.15) is 4.31 Å². The number of esters is 1. The van der Waals surface area contributed by atoms with Crippen molar-refractivity contribution in [3.8, 4) is 0 Å². The van der Waals surface area contributed by atoms with Gasteiger partial charge in [-0.3, -0.25) is 4.90 Å². The van der Waals surface area contributed by atoms with Crippen molar-refractivity contribution in [3.05, 3.63) is 99.5 Å². The summed E-state index contributed by atoms with van der Waals surface area (Å²) >= 11 is 12.1. The fraction of sp³-hybridized carbons (Fsp3) is 0.296. The molecule has 1 heterocycles. The minimum absolute atomic E-state index is 0.203. The highest BCUT2D eigenvalue weighted by Gasteiger charge is 2.30. The van der Waals surface area contributed by atoms with Crippen LogP contribution in [0.25, 0.3) is 0 Å². The predicted molar refractivity (Wildman–Crippen MR) is 143 cm³/mol. The molecule has 0 amide bonds. The molecule has 3 aromatic rings. The standard InChI is InChI=1S/C27H28Cl2N2O5S/c1-35-27(32)22-7-5-20(6-8-22)19-36-26(21-9-11-23(28)12-10-21)18-30-13-15-31(16-14-30)37(33,34)25-4-2-3-24(29)17-25/h2-12,17,26H,13-16,18-19H2,1H3/t26-/m1/s1. The highest BCUT2D eigenvalue weighted by molar-refractivity contribution is 7.89. The maximum atomic E-state index is 13.0. The summed E-state index contributed by atoms with van der Waals surface area (Å²) in [6.07, 6.45) is -0.256. The first-order valence-corrected chi connectivity index (χ1v) is 14.0. The molecule has 1 saturated heterocycles. The zero-order valence-corrected chi connectivity index (χ0v) is 22.7. The van der Waals surface area contributed by atoms with E-state index in [1.807, 2.05) is 36.4 Å². The molecule has 0 radical (unpaired) electrons. The topological polar surface area (TPSA) is 76.2 Å². The van der Waals surface area contributed by atoms with E-state index in [4.69, 9.17) is 32.7 Å². The molecule has 0 aromatic heterocycles. The molecule has 1 aliphatic heterocycles. The summed E-state index contributed by atoms with van der Waals surface area (Å²) in [5, 5.41) is 1.03. The number of hydrogen-bond acceptors (Lipinski definition) is 6. The fourth-order valence-corrected chi connectivity index (χ4v) is 6.00. The van der Waals surface area contributed by atoms with E-state index in [2.05, 4.69) is 4.90 Å². The largest absolute Gasteiger partial charge is 0.465 e. The average Bonchev–Trinajstić information content (AvgIpc) is 2.91. The summed E-state index contributed by atoms with van der Waals surface area (Å²) in [5.41, 5.74) is 2.37. The minimum Gasteiger partial charge on any atom is -0.465 e. The number of piperazine rings is 1. The van der Waals surface area contributed by atoms with Crippen LogP contribution in [-0.4, -0.2) is 63.4 Å². The van der Waals surface area contributed by atoms with Crippen molar-refractivity contribution < 1.29 is 22.7 Å². The van der Waals surface area contributed by atoms with E-state index >= 15 is 0 Å². The van der Waals surface area contributed by atoms with Gasteiger partial charge in [-0.1, -0.05) is 53.5 Å². The molecule has 1 fully saturated rings. The van der Waals surface area contributed by atoms with Crippen molar-refractivity contribution in [2.45, 2.75) is 17.6 Å². The predicted octanol–water partition coefficient (Wildman–Crippen LogP) is 5.04.